The number of hydrogen-bond donors (Lipinski definition) is 0. The van der Waals surface area contributed by atoms with Crippen molar-refractivity contribution in [3.8, 4) is 34.1 Å². The number of hydrogen-bond acceptors (Lipinski definition) is 6. The zero-order valence-electron chi connectivity index (χ0n) is 17.9. The third-order valence-electron chi connectivity index (χ3n) is 4.72. The fourth-order valence-electron chi connectivity index (χ4n) is 3.16. The normalized spacial score (nSPS) is 11.9. The summed E-state index contributed by atoms with van der Waals surface area (Å²) in [5.41, 5.74) is 2.49. The second-order valence-corrected chi connectivity index (χ2v) is 7.55. The SMILES string of the molecule is CCN=c1scc(-c2ccc(OC)cc2OC)n1N=Cc1ccc(-c2ccc(F)cc2)o1. The molecule has 0 aliphatic rings. The van der Waals surface area contributed by atoms with Crippen LogP contribution in [-0.2, 0) is 0 Å². The number of furan rings is 1. The lowest BCUT2D eigenvalue weighted by Crippen LogP contribution is -2.12. The summed E-state index contributed by atoms with van der Waals surface area (Å²) in [4.78, 5) is 5.30. The van der Waals surface area contributed by atoms with Crippen molar-refractivity contribution < 1.29 is 18.3 Å². The molecule has 8 heteroatoms. The molecule has 4 aromatic rings. The van der Waals surface area contributed by atoms with E-state index in [1.807, 2.05) is 42.6 Å². The number of benzene rings is 2. The lowest BCUT2D eigenvalue weighted by Gasteiger charge is -2.10. The third kappa shape index (κ3) is 4.50. The first-order valence-electron chi connectivity index (χ1n) is 9.96. The van der Waals surface area contributed by atoms with Crippen LogP contribution in [0.2, 0.25) is 0 Å². The number of nitrogens with zero attached hydrogens (tertiary/aromatic N) is 3. The molecule has 0 aliphatic heterocycles. The molecule has 2 aromatic heterocycles. The highest BCUT2D eigenvalue weighted by Gasteiger charge is 2.14. The summed E-state index contributed by atoms with van der Waals surface area (Å²) in [6.07, 6.45) is 1.63. The van der Waals surface area contributed by atoms with Crippen molar-refractivity contribution in [1.29, 1.82) is 0 Å². The molecule has 0 N–H and O–H groups in total. The fourth-order valence-corrected chi connectivity index (χ4v) is 4.05. The van der Waals surface area contributed by atoms with Crippen molar-refractivity contribution in [2.75, 3.05) is 20.8 Å². The molecule has 4 rings (SSSR count). The van der Waals surface area contributed by atoms with Gasteiger partial charge in [0.25, 0.3) is 0 Å². The number of ether oxygens (including phenoxy) is 2. The Morgan fingerprint density at radius 3 is 2.59 bits per heavy atom. The maximum Gasteiger partial charge on any atom is 0.206 e. The number of halogens is 1. The van der Waals surface area contributed by atoms with Gasteiger partial charge in [0.2, 0.25) is 4.80 Å². The minimum Gasteiger partial charge on any atom is -0.497 e. The van der Waals surface area contributed by atoms with Gasteiger partial charge in [-0.1, -0.05) is 0 Å². The molecule has 32 heavy (non-hydrogen) atoms. The summed E-state index contributed by atoms with van der Waals surface area (Å²) in [7, 11) is 3.24. The third-order valence-corrected chi connectivity index (χ3v) is 5.57. The minimum atomic E-state index is -0.287. The number of methoxy groups -OCH3 is 2. The Morgan fingerprint density at radius 2 is 1.88 bits per heavy atom. The van der Waals surface area contributed by atoms with E-state index in [1.54, 1.807) is 37.2 Å². The Hall–Kier alpha value is -3.65. The molecule has 0 saturated heterocycles. The highest BCUT2D eigenvalue weighted by Crippen LogP contribution is 2.33. The Bertz CT molecular complexity index is 1300. The van der Waals surface area contributed by atoms with Crippen LogP contribution in [0.1, 0.15) is 12.7 Å². The van der Waals surface area contributed by atoms with Crippen LogP contribution >= 0.6 is 11.3 Å². The van der Waals surface area contributed by atoms with Crippen molar-refractivity contribution in [3.05, 3.63) is 76.4 Å². The van der Waals surface area contributed by atoms with E-state index in [2.05, 4.69) is 10.1 Å². The molecule has 2 heterocycles. The van der Waals surface area contributed by atoms with Gasteiger partial charge in [0, 0.05) is 29.1 Å². The number of aromatic nitrogens is 1. The van der Waals surface area contributed by atoms with Crippen LogP contribution in [0.5, 0.6) is 11.5 Å². The first kappa shape index (κ1) is 21.6. The van der Waals surface area contributed by atoms with Crippen molar-refractivity contribution >= 4 is 17.6 Å². The first-order valence-corrected chi connectivity index (χ1v) is 10.8. The van der Waals surface area contributed by atoms with Gasteiger partial charge in [-0.25, -0.2) is 9.07 Å². The number of rotatable bonds is 7. The van der Waals surface area contributed by atoms with Crippen LogP contribution in [0.25, 0.3) is 22.6 Å². The van der Waals surface area contributed by atoms with Gasteiger partial charge in [-0.2, -0.15) is 5.10 Å². The Balaban J connectivity index is 1.72. The second-order valence-electron chi connectivity index (χ2n) is 6.71. The highest BCUT2D eigenvalue weighted by molar-refractivity contribution is 7.07. The summed E-state index contributed by atoms with van der Waals surface area (Å²) in [5.74, 6) is 2.30. The maximum atomic E-state index is 13.2. The molecular formula is C24H22FN3O3S. The lowest BCUT2D eigenvalue weighted by atomic mass is 10.1. The maximum absolute atomic E-state index is 13.2. The Labute approximate surface area is 188 Å². The second kappa shape index (κ2) is 9.65. The minimum absolute atomic E-state index is 0.287. The van der Waals surface area contributed by atoms with E-state index in [4.69, 9.17) is 13.9 Å². The van der Waals surface area contributed by atoms with E-state index < -0.39 is 0 Å². The zero-order valence-corrected chi connectivity index (χ0v) is 18.7. The highest BCUT2D eigenvalue weighted by atomic mass is 32.1. The molecule has 164 valence electrons. The monoisotopic (exact) mass is 451 g/mol. The molecular weight excluding hydrogens is 429 g/mol. The molecule has 0 atom stereocenters. The van der Waals surface area contributed by atoms with Crippen LogP contribution in [0, 0.1) is 5.82 Å². The molecule has 2 aromatic carbocycles. The van der Waals surface area contributed by atoms with Gasteiger partial charge in [0.15, 0.2) is 0 Å². The lowest BCUT2D eigenvalue weighted by molar-refractivity contribution is 0.395. The predicted octanol–water partition coefficient (Wildman–Crippen LogP) is 5.44. The van der Waals surface area contributed by atoms with Gasteiger partial charge in [-0.15, -0.1) is 11.3 Å². The van der Waals surface area contributed by atoms with Crippen LogP contribution in [-0.4, -0.2) is 31.7 Å². The first-order chi connectivity index (χ1) is 15.6. The molecule has 0 radical (unpaired) electrons. The Morgan fingerprint density at radius 1 is 1.06 bits per heavy atom. The van der Waals surface area contributed by atoms with Crippen LogP contribution in [0.4, 0.5) is 4.39 Å². The van der Waals surface area contributed by atoms with Gasteiger partial charge in [0.1, 0.15) is 28.8 Å². The summed E-state index contributed by atoms with van der Waals surface area (Å²) < 4.78 is 31.7. The van der Waals surface area contributed by atoms with E-state index >= 15 is 0 Å². The summed E-state index contributed by atoms with van der Waals surface area (Å²) in [5, 5.41) is 6.63. The van der Waals surface area contributed by atoms with E-state index in [0.29, 0.717) is 29.6 Å². The largest absolute Gasteiger partial charge is 0.497 e. The van der Waals surface area contributed by atoms with E-state index in [0.717, 1.165) is 21.6 Å². The van der Waals surface area contributed by atoms with Gasteiger partial charge >= 0.3 is 0 Å². The van der Waals surface area contributed by atoms with Gasteiger partial charge in [-0.3, -0.25) is 4.99 Å². The summed E-state index contributed by atoms with van der Waals surface area (Å²) in [6.45, 7) is 2.60. The van der Waals surface area contributed by atoms with E-state index in [1.165, 1.54) is 23.5 Å². The standard InChI is InChI=1S/C24H22FN3O3S/c1-4-26-24-28(21(15-32-24)20-11-9-18(29-2)13-23(20)30-3)27-14-19-10-12-22(31-19)16-5-7-17(25)8-6-16/h5-15H,4H2,1-3H3. The molecule has 0 aliphatic carbocycles. The molecule has 0 saturated carbocycles. The van der Waals surface area contributed by atoms with Crippen molar-refractivity contribution in [3.63, 3.8) is 0 Å². The molecule has 0 fully saturated rings. The smallest absolute Gasteiger partial charge is 0.206 e. The summed E-state index contributed by atoms with van der Waals surface area (Å²) in [6, 6.07) is 15.4. The predicted molar refractivity (Wildman–Crippen MR) is 124 cm³/mol. The van der Waals surface area contributed by atoms with Gasteiger partial charge in [0.05, 0.1) is 26.1 Å². The number of thiazole rings is 1. The van der Waals surface area contributed by atoms with Crippen molar-refractivity contribution in [2.45, 2.75) is 6.92 Å². The molecule has 0 bridgehead atoms. The van der Waals surface area contributed by atoms with Crippen molar-refractivity contribution in [2.24, 2.45) is 10.1 Å². The average molecular weight is 452 g/mol. The summed E-state index contributed by atoms with van der Waals surface area (Å²) >= 11 is 1.49. The van der Waals surface area contributed by atoms with Crippen LogP contribution in [0.15, 0.2) is 74.5 Å². The average Bonchev–Trinajstić information content (AvgIpc) is 3.45. The zero-order chi connectivity index (χ0) is 22.5. The van der Waals surface area contributed by atoms with Crippen LogP contribution < -0.4 is 14.3 Å². The van der Waals surface area contributed by atoms with Crippen LogP contribution in [0.3, 0.4) is 0 Å². The Kier molecular flexibility index (Phi) is 6.51. The quantitative estimate of drug-likeness (QED) is 0.352. The van der Waals surface area contributed by atoms with Crippen molar-refractivity contribution in [1.82, 2.24) is 4.68 Å². The van der Waals surface area contributed by atoms with Gasteiger partial charge < -0.3 is 13.9 Å². The fraction of sp³-hybridized carbons (Fsp3) is 0.167. The molecule has 0 unspecified atom stereocenters. The van der Waals surface area contributed by atoms with E-state index in [-0.39, 0.29) is 5.82 Å². The molecule has 0 amide bonds. The molecule has 0 spiro atoms. The molecule has 6 nitrogen and oxygen atoms in total. The topological polar surface area (TPSA) is 61.2 Å². The van der Waals surface area contributed by atoms with Gasteiger partial charge in [-0.05, 0) is 55.5 Å². The van der Waals surface area contributed by atoms with E-state index in [9.17, 15) is 4.39 Å².